The molecule has 4 N–H and O–H groups in total. The topological polar surface area (TPSA) is 217 Å². The van der Waals surface area contributed by atoms with E-state index in [1.165, 1.54) is 0 Å². The van der Waals surface area contributed by atoms with Crippen molar-refractivity contribution in [1.29, 1.82) is 0 Å². The highest BCUT2D eigenvalue weighted by Crippen LogP contribution is 2.37. The molecule has 0 amide bonds. The van der Waals surface area contributed by atoms with Gasteiger partial charge in [-0.15, -0.1) is 0 Å². The minimum Gasteiger partial charge on any atom is -0.282 e. The lowest BCUT2D eigenvalue weighted by molar-refractivity contribution is 0.466. The van der Waals surface area contributed by atoms with Crippen LogP contribution in [0.3, 0.4) is 0 Å². The third-order valence-electron chi connectivity index (χ3n) is 3.09. The first kappa shape index (κ1) is 20.6. The first-order valence-electron chi connectivity index (χ1n) is 5.95. The average molecular weight is 448 g/mol. The van der Waals surface area contributed by atoms with Gasteiger partial charge in [0.2, 0.25) is 0 Å². The fourth-order valence-corrected chi connectivity index (χ4v) is 5.86. The summed E-state index contributed by atoms with van der Waals surface area (Å²) in [6.45, 7) is 0. The number of rotatable bonds is 4. The van der Waals surface area contributed by atoms with Crippen molar-refractivity contribution < 1.29 is 51.9 Å². The minimum atomic E-state index is -5.47. The Balaban J connectivity index is 3.46. The number of hydrogen-bond acceptors (Lipinski definition) is 8. The van der Waals surface area contributed by atoms with Gasteiger partial charge in [-0.2, -0.15) is 33.7 Å². The smallest absolute Gasteiger partial charge is 0.282 e. The van der Waals surface area contributed by atoms with Gasteiger partial charge < -0.3 is 0 Å². The molecule has 2 rings (SSSR count). The molecule has 0 aromatic heterocycles. The van der Waals surface area contributed by atoms with Crippen molar-refractivity contribution in [1.82, 2.24) is 0 Å². The Morgan fingerprint density at radius 1 is 0.577 bits per heavy atom. The van der Waals surface area contributed by atoms with Crippen LogP contribution in [0.2, 0.25) is 0 Å². The second-order valence-electron chi connectivity index (χ2n) is 4.78. The van der Waals surface area contributed by atoms with Crippen LogP contribution in [0.4, 0.5) is 0 Å². The molecule has 0 saturated heterocycles. The Hall–Kier alpha value is -1.66. The lowest BCUT2D eigenvalue weighted by Crippen LogP contribution is -2.13. The van der Waals surface area contributed by atoms with E-state index in [0.717, 1.165) is 6.07 Å². The molecule has 26 heavy (non-hydrogen) atoms. The number of fused-ring (bicyclic) bond motifs is 1. The van der Waals surface area contributed by atoms with Crippen molar-refractivity contribution in [3.05, 3.63) is 24.3 Å². The molecular formula is C10H8O12S4. The third-order valence-corrected chi connectivity index (χ3v) is 6.83. The molecule has 2 aromatic rings. The van der Waals surface area contributed by atoms with Crippen molar-refractivity contribution >= 4 is 51.2 Å². The van der Waals surface area contributed by atoms with Gasteiger partial charge in [0.1, 0.15) is 19.6 Å². The first-order valence-corrected chi connectivity index (χ1v) is 11.7. The first-order chi connectivity index (χ1) is 11.5. The Labute approximate surface area is 147 Å². The maximum absolute atomic E-state index is 11.6. The lowest BCUT2D eigenvalue weighted by atomic mass is 10.1. The third kappa shape index (κ3) is 3.71. The molecule has 0 radical (unpaired) electrons. The van der Waals surface area contributed by atoms with Crippen LogP contribution in [0, 0.1) is 0 Å². The van der Waals surface area contributed by atoms with E-state index in [1.807, 2.05) is 0 Å². The van der Waals surface area contributed by atoms with E-state index in [0.29, 0.717) is 12.1 Å². The Morgan fingerprint density at radius 3 is 1.42 bits per heavy atom. The van der Waals surface area contributed by atoms with E-state index in [1.54, 1.807) is 0 Å². The zero-order chi connectivity index (χ0) is 20.3. The largest absolute Gasteiger partial charge is 0.296 e. The summed E-state index contributed by atoms with van der Waals surface area (Å²) in [4.78, 5) is -5.82. The van der Waals surface area contributed by atoms with Crippen molar-refractivity contribution in [2.24, 2.45) is 0 Å². The van der Waals surface area contributed by atoms with Gasteiger partial charge in [-0.1, -0.05) is 12.1 Å². The highest BCUT2D eigenvalue weighted by atomic mass is 32.2. The molecule has 0 atom stereocenters. The molecule has 16 heteroatoms. The van der Waals surface area contributed by atoms with E-state index in [4.69, 9.17) is 4.55 Å². The zero-order valence-corrected chi connectivity index (χ0v) is 15.3. The predicted molar refractivity (Wildman–Crippen MR) is 83.2 cm³/mol. The molecule has 0 saturated carbocycles. The van der Waals surface area contributed by atoms with Crippen LogP contribution in [0.1, 0.15) is 0 Å². The highest BCUT2D eigenvalue weighted by Gasteiger charge is 2.33. The quantitative estimate of drug-likeness (QED) is 0.448. The van der Waals surface area contributed by atoms with Crippen LogP contribution in [-0.2, 0) is 40.5 Å². The van der Waals surface area contributed by atoms with Crippen LogP contribution in [0.25, 0.3) is 10.8 Å². The summed E-state index contributed by atoms with van der Waals surface area (Å²) >= 11 is 0. The Bertz CT molecular complexity index is 1350. The maximum Gasteiger partial charge on any atom is 0.296 e. The second-order valence-corrected chi connectivity index (χ2v) is 10.3. The van der Waals surface area contributed by atoms with Crippen LogP contribution >= 0.6 is 0 Å². The zero-order valence-electron chi connectivity index (χ0n) is 12.0. The Kier molecular flexibility index (Phi) is 4.71. The standard InChI is InChI=1S/C10H8O12S4/c11-23(12,13)6-3-1-2-5-9(6)7(24(14,15)16)4-8(25(17,18)19)10(5)26(20,21)22/h1-4H,(H,11,12,13)(H,14,15,16)(H,17,18,19)(H,20,21,22). The molecule has 0 unspecified atom stereocenters. The molecule has 12 nitrogen and oxygen atoms in total. The molecule has 0 bridgehead atoms. The summed E-state index contributed by atoms with van der Waals surface area (Å²) in [5.74, 6) is 0. The van der Waals surface area contributed by atoms with Gasteiger partial charge in [-0.05, 0) is 12.1 Å². The summed E-state index contributed by atoms with van der Waals surface area (Å²) < 4.78 is 129. The highest BCUT2D eigenvalue weighted by molar-refractivity contribution is 7.89. The fourth-order valence-electron chi connectivity index (χ4n) is 2.24. The van der Waals surface area contributed by atoms with E-state index < -0.39 is 70.8 Å². The minimum absolute atomic E-state index is 0.0647. The van der Waals surface area contributed by atoms with Gasteiger partial charge in [0.15, 0.2) is 0 Å². The maximum atomic E-state index is 11.6. The molecule has 0 spiro atoms. The van der Waals surface area contributed by atoms with E-state index in [2.05, 4.69) is 0 Å². The van der Waals surface area contributed by atoms with Gasteiger partial charge in [-0.25, -0.2) is 0 Å². The van der Waals surface area contributed by atoms with Gasteiger partial charge in [0, 0.05) is 10.8 Å². The van der Waals surface area contributed by atoms with Gasteiger partial charge in [0.05, 0.1) is 0 Å². The monoisotopic (exact) mass is 448 g/mol. The molecule has 0 heterocycles. The molecule has 0 aliphatic heterocycles. The second kappa shape index (κ2) is 5.92. The Morgan fingerprint density at radius 2 is 1.04 bits per heavy atom. The molecular weight excluding hydrogens is 440 g/mol. The van der Waals surface area contributed by atoms with Gasteiger partial charge >= 0.3 is 0 Å². The lowest BCUT2D eigenvalue weighted by Gasteiger charge is -2.14. The van der Waals surface area contributed by atoms with Crippen molar-refractivity contribution in [3.63, 3.8) is 0 Å². The van der Waals surface area contributed by atoms with E-state index in [-0.39, 0.29) is 6.07 Å². The van der Waals surface area contributed by atoms with E-state index in [9.17, 15) is 47.3 Å². The molecule has 0 fully saturated rings. The summed E-state index contributed by atoms with van der Waals surface area (Å²) in [6.07, 6.45) is 0. The fraction of sp³-hybridized carbons (Fsp3) is 0. The van der Waals surface area contributed by atoms with Gasteiger partial charge in [0.25, 0.3) is 40.5 Å². The predicted octanol–water partition coefficient (Wildman–Crippen LogP) is -0.173. The number of hydrogen-bond donors (Lipinski definition) is 4. The normalized spacial score (nSPS) is 13.8. The van der Waals surface area contributed by atoms with E-state index >= 15 is 0 Å². The SMILES string of the molecule is O=S(=O)(O)c1cc(S(=O)(=O)O)c2c(S(=O)(=O)O)cccc2c1S(=O)(=O)O. The van der Waals surface area contributed by atoms with Crippen LogP contribution < -0.4 is 0 Å². The number of benzene rings is 2. The summed E-state index contributed by atoms with van der Waals surface area (Å²) in [5.41, 5.74) is 0. The molecule has 0 aliphatic rings. The summed E-state index contributed by atoms with van der Waals surface area (Å²) in [6, 6.07) is 2.05. The molecule has 0 aliphatic carbocycles. The van der Waals surface area contributed by atoms with Crippen molar-refractivity contribution in [2.45, 2.75) is 19.6 Å². The summed E-state index contributed by atoms with van der Waals surface area (Å²) in [7, 11) is -21.5. The molecule has 144 valence electrons. The van der Waals surface area contributed by atoms with Crippen molar-refractivity contribution in [3.8, 4) is 0 Å². The molecule has 2 aromatic carbocycles. The van der Waals surface area contributed by atoms with Crippen molar-refractivity contribution in [2.75, 3.05) is 0 Å². The summed E-state index contributed by atoms with van der Waals surface area (Å²) in [5, 5.41) is -2.12. The van der Waals surface area contributed by atoms with Gasteiger partial charge in [-0.3, -0.25) is 18.2 Å². The van der Waals surface area contributed by atoms with Crippen LogP contribution in [-0.4, -0.2) is 51.9 Å². The van der Waals surface area contributed by atoms with Crippen LogP contribution in [0.15, 0.2) is 43.8 Å². The average Bonchev–Trinajstić information content (AvgIpc) is 2.40. The van der Waals surface area contributed by atoms with Crippen LogP contribution in [0.5, 0.6) is 0 Å².